The highest BCUT2D eigenvalue weighted by molar-refractivity contribution is 5.30. The van der Waals surface area contributed by atoms with E-state index < -0.39 is 0 Å². The smallest absolute Gasteiger partial charge is 0.142 e. The van der Waals surface area contributed by atoms with E-state index in [1.807, 2.05) is 38.2 Å². The molecule has 102 valence electrons. The highest BCUT2D eigenvalue weighted by Crippen LogP contribution is 2.18. The fourth-order valence-electron chi connectivity index (χ4n) is 1.81. The molecule has 0 spiro atoms. The van der Waals surface area contributed by atoms with Crippen LogP contribution in [0.2, 0.25) is 0 Å². The van der Waals surface area contributed by atoms with Gasteiger partial charge in [0.25, 0.3) is 0 Å². The van der Waals surface area contributed by atoms with E-state index in [1.165, 1.54) is 0 Å². The number of nitriles is 1. The van der Waals surface area contributed by atoms with E-state index in [1.54, 1.807) is 12.3 Å². The Hall–Kier alpha value is -2.45. The van der Waals surface area contributed by atoms with Crippen LogP contribution in [0.25, 0.3) is 0 Å². The van der Waals surface area contributed by atoms with Gasteiger partial charge in [0, 0.05) is 18.4 Å². The Bertz CT molecular complexity index is 634. The van der Waals surface area contributed by atoms with E-state index in [9.17, 15) is 0 Å². The van der Waals surface area contributed by atoms with Gasteiger partial charge in [-0.05, 0) is 43.8 Å². The number of nitrogens with zero attached hydrogens (tertiary/aromatic N) is 3. The van der Waals surface area contributed by atoms with E-state index in [0.29, 0.717) is 18.8 Å². The van der Waals surface area contributed by atoms with Gasteiger partial charge < -0.3 is 10.1 Å². The number of ether oxygens (including phenoxy) is 1. The van der Waals surface area contributed by atoms with Crippen LogP contribution < -0.4 is 10.1 Å². The summed E-state index contributed by atoms with van der Waals surface area (Å²) >= 11 is 0. The molecule has 0 radical (unpaired) electrons. The van der Waals surface area contributed by atoms with Crippen LogP contribution in [0.4, 0.5) is 0 Å². The van der Waals surface area contributed by atoms with Gasteiger partial charge in [0.05, 0.1) is 5.69 Å². The summed E-state index contributed by atoms with van der Waals surface area (Å²) in [5, 5.41) is 11.9. The second-order valence-electron chi connectivity index (χ2n) is 4.38. The van der Waals surface area contributed by atoms with Gasteiger partial charge in [0.15, 0.2) is 0 Å². The van der Waals surface area contributed by atoms with E-state index in [0.717, 1.165) is 22.7 Å². The minimum absolute atomic E-state index is 0.388. The number of hydrogen-bond acceptors (Lipinski definition) is 5. The zero-order valence-corrected chi connectivity index (χ0v) is 11.6. The topological polar surface area (TPSA) is 70.8 Å². The van der Waals surface area contributed by atoms with Crippen molar-refractivity contribution in [1.29, 1.82) is 5.26 Å². The second kappa shape index (κ2) is 6.64. The van der Waals surface area contributed by atoms with Crippen molar-refractivity contribution in [1.82, 2.24) is 15.3 Å². The molecule has 2 rings (SSSR count). The maximum atomic E-state index is 8.82. The van der Waals surface area contributed by atoms with E-state index in [2.05, 4.69) is 15.3 Å². The van der Waals surface area contributed by atoms with Crippen LogP contribution in [0.3, 0.4) is 0 Å². The summed E-state index contributed by atoms with van der Waals surface area (Å²) in [5.41, 5.74) is 3.14. The van der Waals surface area contributed by atoms with Crippen LogP contribution in [0.5, 0.6) is 5.75 Å². The molecule has 0 amide bonds. The third-order valence-corrected chi connectivity index (χ3v) is 2.75. The van der Waals surface area contributed by atoms with Crippen molar-refractivity contribution in [3.8, 4) is 11.8 Å². The number of nitrogens with one attached hydrogen (secondary N) is 1. The lowest BCUT2D eigenvalue weighted by atomic mass is 10.2. The third-order valence-electron chi connectivity index (χ3n) is 2.75. The van der Waals surface area contributed by atoms with Crippen molar-refractivity contribution in [3.05, 3.63) is 53.1 Å². The van der Waals surface area contributed by atoms with E-state index in [4.69, 9.17) is 10.00 Å². The first-order valence-corrected chi connectivity index (χ1v) is 6.32. The first kappa shape index (κ1) is 14.0. The van der Waals surface area contributed by atoms with E-state index in [-0.39, 0.29) is 0 Å². The minimum Gasteiger partial charge on any atom is -0.487 e. The van der Waals surface area contributed by atoms with Gasteiger partial charge >= 0.3 is 0 Å². The number of aryl methyl sites for hydroxylation is 1. The first-order valence-electron chi connectivity index (χ1n) is 6.32. The zero-order chi connectivity index (χ0) is 14.4. The van der Waals surface area contributed by atoms with Crippen LogP contribution in [0.1, 0.15) is 22.6 Å². The van der Waals surface area contributed by atoms with Crippen LogP contribution in [0, 0.1) is 18.3 Å². The third kappa shape index (κ3) is 3.53. The maximum absolute atomic E-state index is 8.82. The largest absolute Gasteiger partial charge is 0.487 e. The fourth-order valence-corrected chi connectivity index (χ4v) is 1.81. The Morgan fingerprint density at radius 2 is 2.20 bits per heavy atom. The highest BCUT2D eigenvalue weighted by Gasteiger charge is 2.06. The van der Waals surface area contributed by atoms with Gasteiger partial charge in [-0.25, -0.2) is 4.98 Å². The lowest BCUT2D eigenvalue weighted by molar-refractivity contribution is 0.300. The van der Waals surface area contributed by atoms with Crippen molar-refractivity contribution in [2.75, 3.05) is 7.05 Å². The Morgan fingerprint density at radius 1 is 1.35 bits per heavy atom. The number of pyridine rings is 2. The molecule has 1 N–H and O–H groups in total. The summed E-state index contributed by atoms with van der Waals surface area (Å²) in [7, 11) is 1.87. The molecule has 0 aliphatic carbocycles. The van der Waals surface area contributed by atoms with Crippen LogP contribution in [-0.4, -0.2) is 17.0 Å². The molecule has 2 aromatic heterocycles. The predicted octanol–water partition coefficient (Wildman–Crippen LogP) is 1.96. The summed E-state index contributed by atoms with van der Waals surface area (Å²) in [6.45, 7) is 2.99. The van der Waals surface area contributed by atoms with Gasteiger partial charge in [-0.1, -0.05) is 0 Å². The summed E-state index contributed by atoms with van der Waals surface area (Å²) in [4.78, 5) is 8.39. The van der Waals surface area contributed by atoms with Gasteiger partial charge in [-0.2, -0.15) is 5.26 Å². The van der Waals surface area contributed by atoms with Crippen molar-refractivity contribution >= 4 is 0 Å². The van der Waals surface area contributed by atoms with Crippen LogP contribution >= 0.6 is 0 Å². The Morgan fingerprint density at radius 3 is 2.95 bits per heavy atom. The van der Waals surface area contributed by atoms with Crippen LogP contribution in [0.15, 0.2) is 30.5 Å². The molecule has 0 saturated heterocycles. The van der Waals surface area contributed by atoms with Gasteiger partial charge in [-0.15, -0.1) is 0 Å². The summed E-state index contributed by atoms with van der Waals surface area (Å²) in [5.74, 6) is 0.750. The molecule has 0 unspecified atom stereocenters. The SMILES string of the molecule is CNCc1nc(C)ccc1OCc1ccnc(C#N)c1. The lowest BCUT2D eigenvalue weighted by Crippen LogP contribution is -2.10. The molecular formula is C15H16N4O. The molecule has 0 aliphatic heterocycles. The lowest BCUT2D eigenvalue weighted by Gasteiger charge is -2.11. The molecule has 20 heavy (non-hydrogen) atoms. The molecule has 0 saturated carbocycles. The number of hydrogen-bond donors (Lipinski definition) is 1. The second-order valence-corrected chi connectivity index (χ2v) is 4.38. The highest BCUT2D eigenvalue weighted by atomic mass is 16.5. The molecule has 0 atom stereocenters. The first-order chi connectivity index (χ1) is 9.72. The Balaban J connectivity index is 2.12. The normalized spacial score (nSPS) is 10.1. The van der Waals surface area contributed by atoms with Crippen molar-refractivity contribution < 1.29 is 4.74 Å². The molecule has 0 aromatic carbocycles. The number of rotatable bonds is 5. The van der Waals surface area contributed by atoms with Crippen molar-refractivity contribution in [2.24, 2.45) is 0 Å². The summed E-state index contributed by atoms with van der Waals surface area (Å²) in [6.07, 6.45) is 1.61. The summed E-state index contributed by atoms with van der Waals surface area (Å²) in [6, 6.07) is 9.41. The molecule has 0 aliphatic rings. The molecule has 5 nitrogen and oxygen atoms in total. The van der Waals surface area contributed by atoms with E-state index >= 15 is 0 Å². The Labute approximate surface area is 118 Å². The quantitative estimate of drug-likeness (QED) is 0.897. The number of aromatic nitrogens is 2. The van der Waals surface area contributed by atoms with Gasteiger partial charge in [0.2, 0.25) is 0 Å². The monoisotopic (exact) mass is 268 g/mol. The zero-order valence-electron chi connectivity index (χ0n) is 11.6. The van der Waals surface area contributed by atoms with Crippen molar-refractivity contribution in [2.45, 2.75) is 20.1 Å². The van der Waals surface area contributed by atoms with Crippen molar-refractivity contribution in [3.63, 3.8) is 0 Å². The average Bonchev–Trinajstić information content (AvgIpc) is 2.47. The Kier molecular flexibility index (Phi) is 4.64. The fraction of sp³-hybridized carbons (Fsp3) is 0.267. The summed E-state index contributed by atoms with van der Waals surface area (Å²) < 4.78 is 5.79. The average molecular weight is 268 g/mol. The van der Waals surface area contributed by atoms with Gasteiger partial charge in [-0.3, -0.25) is 4.98 Å². The molecule has 0 fully saturated rings. The molecule has 0 bridgehead atoms. The maximum Gasteiger partial charge on any atom is 0.142 e. The predicted molar refractivity (Wildman–Crippen MR) is 75.0 cm³/mol. The van der Waals surface area contributed by atoms with Gasteiger partial charge in [0.1, 0.15) is 24.1 Å². The standard InChI is InChI=1S/C15H16N4O/c1-11-3-4-15(14(19-11)9-17-2)20-10-12-5-6-18-13(7-12)8-16/h3-7,17H,9-10H2,1-2H3. The van der Waals surface area contributed by atoms with Crippen LogP contribution in [-0.2, 0) is 13.2 Å². The molecule has 2 heterocycles. The molecule has 5 heteroatoms. The molecular weight excluding hydrogens is 252 g/mol. The molecule has 2 aromatic rings. The minimum atomic E-state index is 0.388.